The van der Waals surface area contributed by atoms with Gasteiger partial charge >= 0.3 is 19.5 Å². The second-order valence-corrected chi connectivity index (χ2v) is 9.65. The maximum atomic E-state index is 4.35. The molecule has 0 aliphatic heterocycles. The van der Waals surface area contributed by atoms with Crippen LogP contribution in [-0.2, 0) is 19.5 Å². The van der Waals surface area contributed by atoms with E-state index in [4.69, 9.17) is 0 Å². The molecule has 0 unspecified atom stereocenters. The van der Waals surface area contributed by atoms with Gasteiger partial charge in [-0.3, -0.25) is 29.9 Å². The molecule has 6 heterocycles. The molecule has 0 N–H and O–H groups in total. The number of fused-ring (bicyclic) bond motifs is 9. The Balaban J connectivity index is 0.000000113. The number of rotatable bonds is 0. The normalized spacial score (nSPS) is 10.6. The first-order valence-corrected chi connectivity index (χ1v) is 13.6. The van der Waals surface area contributed by atoms with Crippen molar-refractivity contribution in [3.63, 3.8) is 0 Å². The summed E-state index contributed by atoms with van der Waals surface area (Å²) in [7, 11) is 0. The minimum absolute atomic E-state index is 0. The first-order chi connectivity index (χ1) is 20.8. The molecule has 0 fully saturated rings. The van der Waals surface area contributed by atoms with Crippen LogP contribution in [0.4, 0.5) is 0 Å². The zero-order valence-electron chi connectivity index (χ0n) is 22.9. The van der Waals surface area contributed by atoms with Crippen molar-refractivity contribution < 1.29 is 19.5 Å². The summed E-state index contributed by atoms with van der Waals surface area (Å²) in [6.45, 7) is 0. The molecule has 6 nitrogen and oxygen atoms in total. The summed E-state index contributed by atoms with van der Waals surface area (Å²) in [5, 5.41) is 6.83. The van der Waals surface area contributed by atoms with Gasteiger partial charge in [0.2, 0.25) is 0 Å². The van der Waals surface area contributed by atoms with Crippen molar-refractivity contribution in [3.05, 3.63) is 146 Å². The van der Waals surface area contributed by atoms with Crippen molar-refractivity contribution in [1.82, 2.24) is 29.9 Å². The van der Waals surface area contributed by atoms with Gasteiger partial charge in [-0.25, -0.2) is 0 Å². The van der Waals surface area contributed by atoms with Crippen molar-refractivity contribution in [1.29, 1.82) is 0 Å². The molecule has 3 aromatic carbocycles. The van der Waals surface area contributed by atoms with Crippen LogP contribution < -0.4 is 0 Å². The predicted molar refractivity (Wildman–Crippen MR) is 171 cm³/mol. The van der Waals surface area contributed by atoms with Crippen molar-refractivity contribution in [2.45, 2.75) is 0 Å². The van der Waals surface area contributed by atoms with Crippen molar-refractivity contribution in [3.8, 4) is 0 Å². The van der Waals surface area contributed by atoms with E-state index in [1.54, 1.807) is 37.2 Å². The molecule has 0 aliphatic carbocycles. The van der Waals surface area contributed by atoms with E-state index in [0.717, 1.165) is 65.4 Å². The van der Waals surface area contributed by atoms with Gasteiger partial charge < -0.3 is 0 Å². The fraction of sp³-hybridized carbons (Fsp3) is 0. The standard InChI is InChI=1S/3C12H8N2.Ru/c3*1-3-9-5-6-10-4-2-8-14-12(10)11(9)13-7-1;/h3*1-8H;/q;;;+8. The molecule has 0 amide bonds. The molecule has 43 heavy (non-hydrogen) atoms. The molecule has 198 valence electrons. The van der Waals surface area contributed by atoms with Crippen LogP contribution in [0, 0.1) is 0 Å². The molecule has 6 aromatic heterocycles. The molecule has 0 aliphatic rings. The average Bonchev–Trinajstić information content (AvgIpc) is 3.09. The first-order valence-electron chi connectivity index (χ1n) is 13.6. The number of nitrogens with zero attached hydrogens (tertiary/aromatic N) is 6. The van der Waals surface area contributed by atoms with Crippen LogP contribution in [0.25, 0.3) is 65.4 Å². The minimum Gasteiger partial charge on any atom is -0.254 e. The molecule has 9 aromatic rings. The first kappa shape index (κ1) is 27.9. The van der Waals surface area contributed by atoms with E-state index in [1.807, 2.05) is 36.4 Å². The van der Waals surface area contributed by atoms with Crippen molar-refractivity contribution >= 4 is 65.4 Å². The van der Waals surface area contributed by atoms with Crippen LogP contribution in [0.15, 0.2) is 146 Å². The smallest absolute Gasteiger partial charge is 0.254 e. The zero-order chi connectivity index (χ0) is 28.1. The van der Waals surface area contributed by atoms with E-state index in [0.29, 0.717) is 0 Å². The Morgan fingerprint density at radius 3 is 0.558 bits per heavy atom. The maximum Gasteiger partial charge on any atom is 8.00 e. The molecule has 0 bridgehead atoms. The average molecular weight is 642 g/mol. The van der Waals surface area contributed by atoms with Gasteiger partial charge in [-0.05, 0) is 36.4 Å². The van der Waals surface area contributed by atoms with E-state index in [-0.39, 0.29) is 19.5 Å². The van der Waals surface area contributed by atoms with Crippen LogP contribution in [0.5, 0.6) is 0 Å². The Labute approximate surface area is 260 Å². The van der Waals surface area contributed by atoms with Gasteiger partial charge in [0.1, 0.15) is 0 Å². The topological polar surface area (TPSA) is 77.3 Å². The monoisotopic (exact) mass is 642 g/mol. The largest absolute Gasteiger partial charge is 8.00 e. The third-order valence-corrected chi connectivity index (χ3v) is 7.03. The Morgan fingerprint density at radius 2 is 0.395 bits per heavy atom. The van der Waals surface area contributed by atoms with Crippen LogP contribution in [0.2, 0.25) is 0 Å². The molecular weight excluding hydrogens is 618 g/mol. The van der Waals surface area contributed by atoms with Crippen molar-refractivity contribution in [2.24, 2.45) is 0 Å². The molecule has 0 radical (unpaired) electrons. The fourth-order valence-corrected chi connectivity index (χ4v) is 5.04. The summed E-state index contributed by atoms with van der Waals surface area (Å²) in [6, 6.07) is 36.4. The SMILES string of the molecule is [Ru+8].c1cnc2c(c1)ccc1cccnc12.c1cnc2c(c1)ccc1cccnc12.c1cnc2c(c1)ccc1cccnc12. The summed E-state index contributed by atoms with van der Waals surface area (Å²) in [6.07, 6.45) is 10.8. The van der Waals surface area contributed by atoms with E-state index in [1.165, 1.54) is 0 Å². The van der Waals surface area contributed by atoms with Gasteiger partial charge in [-0.1, -0.05) is 72.8 Å². The second kappa shape index (κ2) is 12.7. The van der Waals surface area contributed by atoms with E-state index in [2.05, 4.69) is 103 Å². The third kappa shape index (κ3) is 5.76. The molecule has 0 atom stereocenters. The van der Waals surface area contributed by atoms with Crippen LogP contribution in [-0.4, -0.2) is 29.9 Å². The number of hydrogen-bond donors (Lipinski definition) is 0. The third-order valence-electron chi connectivity index (χ3n) is 7.03. The van der Waals surface area contributed by atoms with Gasteiger partial charge in [-0.15, -0.1) is 0 Å². The van der Waals surface area contributed by atoms with Gasteiger partial charge in [0.25, 0.3) is 0 Å². The van der Waals surface area contributed by atoms with Gasteiger partial charge in [-0.2, -0.15) is 0 Å². The molecule has 0 spiro atoms. The van der Waals surface area contributed by atoms with E-state index < -0.39 is 0 Å². The number of pyridine rings is 6. The minimum atomic E-state index is 0. The molecular formula is C36H24N6Ru+8. The molecule has 0 saturated carbocycles. The van der Waals surface area contributed by atoms with Gasteiger partial charge in [0.15, 0.2) is 0 Å². The fourth-order valence-electron chi connectivity index (χ4n) is 5.04. The van der Waals surface area contributed by atoms with E-state index >= 15 is 0 Å². The summed E-state index contributed by atoms with van der Waals surface area (Å²) >= 11 is 0. The number of benzene rings is 3. The molecule has 0 saturated heterocycles. The summed E-state index contributed by atoms with van der Waals surface area (Å²) < 4.78 is 0. The summed E-state index contributed by atoms with van der Waals surface area (Å²) in [4.78, 5) is 26.1. The number of hydrogen-bond acceptors (Lipinski definition) is 6. The molecule has 7 heteroatoms. The quantitative estimate of drug-likeness (QED) is 0.122. The summed E-state index contributed by atoms with van der Waals surface area (Å²) in [5.74, 6) is 0. The van der Waals surface area contributed by atoms with Crippen LogP contribution in [0.1, 0.15) is 0 Å². The number of aromatic nitrogens is 6. The van der Waals surface area contributed by atoms with Gasteiger partial charge in [0, 0.05) is 69.5 Å². The van der Waals surface area contributed by atoms with Crippen LogP contribution >= 0.6 is 0 Å². The second-order valence-electron chi connectivity index (χ2n) is 9.65. The Hall–Kier alpha value is -5.26. The zero-order valence-corrected chi connectivity index (χ0v) is 24.6. The Bertz CT molecular complexity index is 1910. The van der Waals surface area contributed by atoms with E-state index in [9.17, 15) is 0 Å². The Morgan fingerprint density at radius 1 is 0.233 bits per heavy atom. The van der Waals surface area contributed by atoms with Crippen molar-refractivity contribution in [2.75, 3.05) is 0 Å². The maximum absolute atomic E-state index is 4.35. The Kier molecular flexibility index (Phi) is 8.25. The van der Waals surface area contributed by atoms with Crippen LogP contribution in [0.3, 0.4) is 0 Å². The van der Waals surface area contributed by atoms with Gasteiger partial charge in [0.05, 0.1) is 33.1 Å². The predicted octanol–water partition coefficient (Wildman–Crippen LogP) is 8.35. The summed E-state index contributed by atoms with van der Waals surface area (Å²) in [5.41, 5.74) is 5.86. The molecule has 9 rings (SSSR count).